The van der Waals surface area contributed by atoms with Crippen LogP contribution in [0.25, 0.3) is 0 Å². The number of benzene rings is 1. The second-order valence-corrected chi connectivity index (χ2v) is 5.35. The second-order valence-electron chi connectivity index (χ2n) is 5.35. The van der Waals surface area contributed by atoms with Crippen LogP contribution in [-0.4, -0.2) is 39.0 Å². The molecule has 2 aromatic rings. The van der Waals surface area contributed by atoms with Gasteiger partial charge in [-0.2, -0.15) is 0 Å². The maximum Gasteiger partial charge on any atom is 0.323 e. The lowest BCUT2D eigenvalue weighted by Gasteiger charge is -2.39. The summed E-state index contributed by atoms with van der Waals surface area (Å²) < 4.78 is 1.68. The van der Waals surface area contributed by atoms with Crippen molar-refractivity contribution in [2.24, 2.45) is 5.92 Å². The summed E-state index contributed by atoms with van der Waals surface area (Å²) >= 11 is 0. The Kier molecular flexibility index (Phi) is 3.85. The van der Waals surface area contributed by atoms with Gasteiger partial charge in [0, 0.05) is 19.6 Å². The summed E-state index contributed by atoms with van der Waals surface area (Å²) in [7, 11) is 0. The molecule has 0 bridgehead atoms. The molecule has 1 fully saturated rings. The Labute approximate surface area is 123 Å². The van der Waals surface area contributed by atoms with Crippen LogP contribution < -0.4 is 5.32 Å². The topological polar surface area (TPSA) is 63.1 Å². The molecule has 0 atom stereocenters. The third-order valence-electron chi connectivity index (χ3n) is 3.71. The zero-order valence-corrected chi connectivity index (χ0v) is 12.1. The summed E-state index contributed by atoms with van der Waals surface area (Å²) in [4.78, 5) is 13.8. The van der Waals surface area contributed by atoms with Crippen LogP contribution in [-0.2, 0) is 13.0 Å². The van der Waals surface area contributed by atoms with Gasteiger partial charge in [-0.1, -0.05) is 35.5 Å². The van der Waals surface area contributed by atoms with E-state index < -0.39 is 0 Å². The maximum atomic E-state index is 12.0. The van der Waals surface area contributed by atoms with E-state index in [1.165, 1.54) is 5.56 Å². The molecule has 1 saturated heterocycles. The molecule has 2 heterocycles. The number of aromatic nitrogens is 3. The van der Waals surface area contributed by atoms with E-state index in [4.69, 9.17) is 0 Å². The normalized spacial score (nSPS) is 14.8. The van der Waals surface area contributed by atoms with E-state index in [1.807, 2.05) is 13.0 Å². The Morgan fingerprint density at radius 1 is 1.33 bits per heavy atom. The predicted molar refractivity (Wildman–Crippen MR) is 79.9 cm³/mol. The summed E-state index contributed by atoms with van der Waals surface area (Å²) in [5.41, 5.74) is 1.33. The fraction of sp³-hybridized carbons (Fsp3) is 0.400. The number of hydrogen-bond acceptors (Lipinski definition) is 3. The van der Waals surface area contributed by atoms with Crippen molar-refractivity contribution in [2.75, 3.05) is 18.4 Å². The van der Waals surface area contributed by atoms with Gasteiger partial charge in [0.2, 0.25) is 0 Å². The fourth-order valence-electron chi connectivity index (χ4n) is 2.51. The van der Waals surface area contributed by atoms with Gasteiger partial charge >= 0.3 is 6.03 Å². The number of urea groups is 1. The van der Waals surface area contributed by atoms with Crippen molar-refractivity contribution < 1.29 is 4.79 Å². The van der Waals surface area contributed by atoms with Crippen LogP contribution in [0.15, 0.2) is 36.5 Å². The van der Waals surface area contributed by atoms with E-state index >= 15 is 0 Å². The number of carbonyl (C=O) groups is 1. The highest BCUT2D eigenvalue weighted by molar-refractivity contribution is 5.88. The van der Waals surface area contributed by atoms with Crippen molar-refractivity contribution in [1.29, 1.82) is 0 Å². The number of nitrogens with one attached hydrogen (secondary N) is 1. The van der Waals surface area contributed by atoms with Crippen molar-refractivity contribution in [1.82, 2.24) is 19.9 Å². The highest BCUT2D eigenvalue weighted by atomic mass is 16.2. The number of nitrogens with zero attached hydrogens (tertiary/aromatic N) is 4. The smallest absolute Gasteiger partial charge is 0.323 e. The van der Waals surface area contributed by atoms with Gasteiger partial charge in [0.1, 0.15) is 0 Å². The minimum atomic E-state index is -0.0949. The van der Waals surface area contributed by atoms with Gasteiger partial charge in [0.05, 0.1) is 6.20 Å². The lowest BCUT2D eigenvalue weighted by atomic mass is 9.92. The van der Waals surface area contributed by atoms with Crippen molar-refractivity contribution in [3.8, 4) is 0 Å². The maximum absolute atomic E-state index is 12.0. The van der Waals surface area contributed by atoms with Gasteiger partial charge in [-0.25, -0.2) is 4.79 Å². The summed E-state index contributed by atoms with van der Waals surface area (Å²) in [6.07, 6.45) is 2.76. The van der Waals surface area contributed by atoms with Crippen LogP contribution in [0.4, 0.5) is 10.6 Å². The lowest BCUT2D eigenvalue weighted by Crippen LogP contribution is -2.52. The highest BCUT2D eigenvalue weighted by Crippen LogP contribution is 2.21. The van der Waals surface area contributed by atoms with Crippen molar-refractivity contribution >= 4 is 11.8 Å². The third kappa shape index (κ3) is 3.21. The van der Waals surface area contributed by atoms with Crippen LogP contribution in [0.5, 0.6) is 0 Å². The predicted octanol–water partition coefficient (Wildman–Crippen LogP) is 2.00. The molecule has 1 aliphatic heterocycles. The first-order chi connectivity index (χ1) is 10.2. The van der Waals surface area contributed by atoms with E-state index in [1.54, 1.807) is 15.8 Å². The van der Waals surface area contributed by atoms with Gasteiger partial charge in [-0.15, -0.1) is 5.10 Å². The average molecular weight is 285 g/mol. The summed E-state index contributed by atoms with van der Waals surface area (Å²) in [5, 5.41) is 10.6. The van der Waals surface area contributed by atoms with Gasteiger partial charge in [0.15, 0.2) is 5.82 Å². The van der Waals surface area contributed by atoms with E-state index in [2.05, 4.69) is 39.9 Å². The number of aryl methyl sites for hydroxylation is 1. The van der Waals surface area contributed by atoms with Crippen LogP contribution in [0.1, 0.15) is 12.5 Å². The molecular formula is C15H19N5O. The van der Waals surface area contributed by atoms with E-state index in [0.29, 0.717) is 11.7 Å². The van der Waals surface area contributed by atoms with Gasteiger partial charge < -0.3 is 4.90 Å². The number of rotatable bonds is 4. The number of hydrogen-bond donors (Lipinski definition) is 1. The van der Waals surface area contributed by atoms with Gasteiger partial charge in [-0.3, -0.25) is 10.00 Å². The zero-order valence-electron chi connectivity index (χ0n) is 12.1. The molecule has 1 N–H and O–H groups in total. The molecule has 3 rings (SSSR count). The standard InChI is InChI=1S/C15H19N5O/c1-2-20-11-14(17-18-20)16-15(21)19-9-13(10-19)8-12-6-4-3-5-7-12/h3-7,11,13H,2,8-10H2,1H3,(H,16,21). The van der Waals surface area contributed by atoms with Crippen molar-refractivity contribution in [2.45, 2.75) is 19.9 Å². The average Bonchev–Trinajstić information content (AvgIpc) is 2.91. The SMILES string of the molecule is CCn1cc(NC(=O)N2CC(Cc3ccccc3)C2)nn1. The van der Waals surface area contributed by atoms with Crippen molar-refractivity contribution in [3.05, 3.63) is 42.1 Å². The molecule has 1 aliphatic rings. The van der Waals surface area contributed by atoms with E-state index in [-0.39, 0.29) is 6.03 Å². The van der Waals surface area contributed by atoms with E-state index in [9.17, 15) is 4.79 Å². The number of carbonyl (C=O) groups excluding carboxylic acids is 1. The fourth-order valence-corrected chi connectivity index (χ4v) is 2.51. The number of anilines is 1. The van der Waals surface area contributed by atoms with Crippen molar-refractivity contribution in [3.63, 3.8) is 0 Å². The first-order valence-corrected chi connectivity index (χ1v) is 7.24. The summed E-state index contributed by atoms with van der Waals surface area (Å²) in [5.74, 6) is 1.05. The Hall–Kier alpha value is -2.37. The molecule has 2 amide bonds. The first kappa shape index (κ1) is 13.6. The summed E-state index contributed by atoms with van der Waals surface area (Å²) in [6, 6.07) is 10.3. The molecule has 6 nitrogen and oxygen atoms in total. The summed E-state index contributed by atoms with van der Waals surface area (Å²) in [6.45, 7) is 4.31. The molecule has 0 spiro atoms. The largest absolute Gasteiger partial charge is 0.324 e. The molecule has 21 heavy (non-hydrogen) atoms. The molecule has 110 valence electrons. The molecule has 1 aromatic carbocycles. The first-order valence-electron chi connectivity index (χ1n) is 7.24. The monoisotopic (exact) mass is 285 g/mol. The quantitative estimate of drug-likeness (QED) is 0.934. The molecule has 0 saturated carbocycles. The number of likely N-dealkylation sites (tertiary alicyclic amines) is 1. The molecule has 0 radical (unpaired) electrons. The Bertz CT molecular complexity index is 604. The van der Waals surface area contributed by atoms with Crippen LogP contribution >= 0.6 is 0 Å². The van der Waals surface area contributed by atoms with Gasteiger partial charge in [-0.05, 0) is 24.8 Å². The Balaban J connectivity index is 1.46. The Morgan fingerprint density at radius 3 is 2.76 bits per heavy atom. The van der Waals surface area contributed by atoms with E-state index in [0.717, 1.165) is 26.1 Å². The lowest BCUT2D eigenvalue weighted by molar-refractivity contribution is 0.131. The zero-order chi connectivity index (χ0) is 14.7. The van der Waals surface area contributed by atoms with Crippen LogP contribution in [0.2, 0.25) is 0 Å². The molecule has 6 heteroatoms. The highest BCUT2D eigenvalue weighted by Gasteiger charge is 2.30. The van der Waals surface area contributed by atoms with Gasteiger partial charge in [0.25, 0.3) is 0 Å². The molecule has 1 aromatic heterocycles. The second kappa shape index (κ2) is 5.95. The minimum absolute atomic E-state index is 0.0949. The number of amides is 2. The molecule has 0 aliphatic carbocycles. The van der Waals surface area contributed by atoms with Crippen LogP contribution in [0.3, 0.4) is 0 Å². The molecule has 0 unspecified atom stereocenters. The molecular weight excluding hydrogens is 266 g/mol. The minimum Gasteiger partial charge on any atom is -0.324 e. The van der Waals surface area contributed by atoms with Crippen LogP contribution in [0, 0.1) is 5.92 Å². The Morgan fingerprint density at radius 2 is 2.10 bits per heavy atom. The third-order valence-corrected chi connectivity index (χ3v) is 3.71.